The molecule has 0 amide bonds. The van der Waals surface area contributed by atoms with Crippen LogP contribution in [0.2, 0.25) is 0 Å². The van der Waals surface area contributed by atoms with Gasteiger partial charge in [0.2, 0.25) is 0 Å². The van der Waals surface area contributed by atoms with E-state index >= 15 is 0 Å². The summed E-state index contributed by atoms with van der Waals surface area (Å²) in [6.07, 6.45) is 0. The second-order valence-corrected chi connectivity index (χ2v) is 2.54. The Labute approximate surface area is 85.8 Å². The number of carbonyl (C=O) groups excluding carboxylic acids is 1. The molecule has 1 radical (unpaired) electrons. The molecule has 1 aromatic rings. The number of ether oxygens (including phenoxy) is 2. The quantitative estimate of drug-likeness (QED) is 0.696. The van der Waals surface area contributed by atoms with E-state index in [4.69, 9.17) is 10.00 Å². The molecule has 0 atom stereocenters. The van der Waals surface area contributed by atoms with E-state index in [1.165, 1.54) is 7.11 Å². The summed E-state index contributed by atoms with van der Waals surface area (Å²) in [5, 5.41) is 8.64. The summed E-state index contributed by atoms with van der Waals surface area (Å²) in [4.78, 5) is 10.7. The van der Waals surface area contributed by atoms with E-state index in [1.807, 2.05) is 0 Å². The Bertz CT molecular complexity index is 412. The highest BCUT2D eigenvalue weighted by molar-refractivity contribution is 5.71. The molecule has 0 saturated carbocycles. The van der Waals surface area contributed by atoms with Crippen LogP contribution >= 0.6 is 0 Å². The number of nitrogens with zero attached hydrogens (tertiary/aromatic N) is 1. The Hall–Kier alpha value is -2.09. The molecule has 0 unspecified atom stereocenters. The summed E-state index contributed by atoms with van der Waals surface area (Å²) in [5.74, 6) is -1.13. The summed E-state index contributed by atoms with van der Waals surface area (Å²) < 4.78 is 21.9. The molecule has 77 valence electrons. The van der Waals surface area contributed by atoms with Gasteiger partial charge in [-0.25, -0.2) is 9.18 Å². The van der Waals surface area contributed by atoms with Gasteiger partial charge in [-0.1, -0.05) is 0 Å². The van der Waals surface area contributed by atoms with Crippen LogP contribution in [0.3, 0.4) is 0 Å². The summed E-state index contributed by atoms with van der Waals surface area (Å²) in [6, 6.07) is 6.10. The maximum absolute atomic E-state index is 12.6. The van der Waals surface area contributed by atoms with Gasteiger partial charge in [-0.15, -0.1) is 0 Å². The molecule has 15 heavy (non-hydrogen) atoms. The number of esters is 1. The van der Waals surface area contributed by atoms with E-state index < -0.39 is 11.8 Å². The molecule has 0 bridgehead atoms. The van der Waals surface area contributed by atoms with Gasteiger partial charge >= 0.3 is 5.97 Å². The predicted molar refractivity (Wildman–Crippen MR) is 47.5 cm³/mol. The Morgan fingerprint density at radius 3 is 3.07 bits per heavy atom. The maximum Gasteiger partial charge on any atom is 0.343 e. The first-order chi connectivity index (χ1) is 7.17. The van der Waals surface area contributed by atoms with Crippen LogP contribution in [0.5, 0.6) is 5.75 Å². The van der Waals surface area contributed by atoms with Gasteiger partial charge in [-0.3, -0.25) is 0 Å². The fourth-order valence-electron chi connectivity index (χ4n) is 0.854. The Balaban J connectivity index is 2.77. The lowest BCUT2D eigenvalue weighted by Crippen LogP contribution is -2.13. The molecule has 0 heterocycles. The van der Waals surface area contributed by atoms with Crippen LogP contribution in [0.4, 0.5) is 4.39 Å². The van der Waals surface area contributed by atoms with Crippen molar-refractivity contribution in [2.75, 3.05) is 13.7 Å². The number of nitriles is 1. The van der Waals surface area contributed by atoms with Crippen molar-refractivity contribution in [3.63, 3.8) is 0 Å². The van der Waals surface area contributed by atoms with Crippen LogP contribution in [0.25, 0.3) is 0 Å². The summed E-state index contributed by atoms with van der Waals surface area (Å²) in [5.41, 5.74) is 0.00940. The highest BCUT2D eigenvalue weighted by atomic mass is 19.1. The van der Waals surface area contributed by atoms with Crippen LogP contribution in [-0.2, 0) is 9.53 Å². The van der Waals surface area contributed by atoms with Gasteiger partial charge in [0.05, 0.1) is 12.7 Å². The third-order valence-electron chi connectivity index (χ3n) is 1.57. The van der Waals surface area contributed by atoms with Gasteiger partial charge in [-0.2, -0.15) is 5.26 Å². The van der Waals surface area contributed by atoms with Crippen molar-refractivity contribution in [1.82, 2.24) is 0 Å². The summed E-state index contributed by atoms with van der Waals surface area (Å²) in [6.45, 7) is -0.329. The van der Waals surface area contributed by atoms with E-state index in [9.17, 15) is 9.18 Å². The Morgan fingerprint density at radius 2 is 2.47 bits per heavy atom. The molecular formula is C10H7FNO3. The van der Waals surface area contributed by atoms with E-state index in [0.717, 1.165) is 12.1 Å². The highest BCUT2D eigenvalue weighted by Gasteiger charge is 2.07. The van der Waals surface area contributed by atoms with E-state index in [0.29, 0.717) is 0 Å². The van der Waals surface area contributed by atoms with Crippen LogP contribution in [-0.4, -0.2) is 19.7 Å². The highest BCUT2D eigenvalue weighted by Crippen LogP contribution is 2.17. The van der Waals surface area contributed by atoms with Crippen molar-refractivity contribution >= 4 is 5.97 Å². The molecule has 0 N–H and O–H groups in total. The van der Waals surface area contributed by atoms with Crippen molar-refractivity contribution in [2.24, 2.45) is 0 Å². The van der Waals surface area contributed by atoms with Crippen molar-refractivity contribution in [3.8, 4) is 11.8 Å². The van der Waals surface area contributed by atoms with Crippen molar-refractivity contribution in [1.29, 1.82) is 5.26 Å². The standard InChI is InChI=1S/C10H7FNO3/c1-14-10(13)6-15-9-3-2-8(11)4-7(9)5-12/h3-4H,6H2,1H3. The van der Waals surface area contributed by atoms with Crippen molar-refractivity contribution in [3.05, 3.63) is 29.6 Å². The first kappa shape index (κ1) is 11.0. The molecule has 0 aliphatic rings. The molecule has 0 aliphatic heterocycles. The number of benzene rings is 1. The monoisotopic (exact) mass is 208 g/mol. The zero-order valence-electron chi connectivity index (χ0n) is 7.91. The SMILES string of the molecule is COC(=O)COc1c[c]c(F)cc1C#N. The largest absolute Gasteiger partial charge is 0.480 e. The number of hydrogen-bond acceptors (Lipinski definition) is 4. The maximum atomic E-state index is 12.6. The van der Waals surface area contributed by atoms with Gasteiger partial charge in [0.1, 0.15) is 17.6 Å². The zero-order valence-corrected chi connectivity index (χ0v) is 7.91. The minimum atomic E-state index is -0.656. The first-order valence-corrected chi connectivity index (χ1v) is 3.98. The van der Waals surface area contributed by atoms with Gasteiger partial charge in [0, 0.05) is 6.07 Å². The smallest absolute Gasteiger partial charge is 0.343 e. The van der Waals surface area contributed by atoms with Gasteiger partial charge in [0.25, 0.3) is 0 Å². The molecule has 4 nitrogen and oxygen atoms in total. The molecule has 5 heteroatoms. The molecular weight excluding hydrogens is 201 g/mol. The lowest BCUT2D eigenvalue weighted by Gasteiger charge is -2.05. The molecule has 0 aliphatic carbocycles. The van der Waals surface area contributed by atoms with Crippen LogP contribution in [0.15, 0.2) is 12.1 Å². The Morgan fingerprint density at radius 1 is 1.73 bits per heavy atom. The Kier molecular flexibility index (Phi) is 3.63. The number of carbonyl (C=O) groups is 1. The third-order valence-corrected chi connectivity index (χ3v) is 1.57. The summed E-state index contributed by atoms with van der Waals surface area (Å²) in [7, 11) is 1.22. The first-order valence-electron chi connectivity index (χ1n) is 3.98. The van der Waals surface area contributed by atoms with E-state index in [-0.39, 0.29) is 17.9 Å². The topological polar surface area (TPSA) is 59.3 Å². The summed E-state index contributed by atoms with van der Waals surface area (Å²) >= 11 is 0. The fourth-order valence-corrected chi connectivity index (χ4v) is 0.854. The number of halogens is 1. The second-order valence-electron chi connectivity index (χ2n) is 2.54. The van der Waals surface area contributed by atoms with E-state index in [2.05, 4.69) is 10.8 Å². The zero-order chi connectivity index (χ0) is 11.3. The third kappa shape index (κ3) is 2.95. The van der Waals surface area contributed by atoms with Crippen LogP contribution in [0, 0.1) is 23.2 Å². The van der Waals surface area contributed by atoms with Crippen LogP contribution < -0.4 is 4.74 Å². The molecule has 0 saturated heterocycles. The van der Waals surface area contributed by atoms with Gasteiger partial charge < -0.3 is 9.47 Å². The average molecular weight is 208 g/mol. The van der Waals surface area contributed by atoms with Gasteiger partial charge in [0.15, 0.2) is 6.61 Å². The van der Waals surface area contributed by atoms with Crippen LogP contribution in [0.1, 0.15) is 5.56 Å². The number of rotatable bonds is 3. The predicted octanol–water partition coefficient (Wildman–Crippen LogP) is 1.05. The molecule has 0 fully saturated rings. The molecule has 0 spiro atoms. The average Bonchev–Trinajstić information content (AvgIpc) is 2.26. The second kappa shape index (κ2) is 4.96. The number of methoxy groups -OCH3 is 1. The fraction of sp³-hybridized carbons (Fsp3) is 0.200. The molecule has 1 rings (SSSR count). The number of hydrogen-bond donors (Lipinski definition) is 0. The van der Waals surface area contributed by atoms with Crippen molar-refractivity contribution in [2.45, 2.75) is 0 Å². The van der Waals surface area contributed by atoms with E-state index in [1.54, 1.807) is 6.07 Å². The molecule has 0 aromatic heterocycles. The lowest BCUT2D eigenvalue weighted by atomic mass is 10.2. The van der Waals surface area contributed by atoms with Gasteiger partial charge in [-0.05, 0) is 12.1 Å². The normalized spacial score (nSPS) is 9.13. The van der Waals surface area contributed by atoms with Crippen molar-refractivity contribution < 1.29 is 18.7 Å². The minimum Gasteiger partial charge on any atom is -0.480 e. The lowest BCUT2D eigenvalue weighted by molar-refractivity contribution is -0.142. The minimum absolute atomic E-state index is 0.00940. The molecule has 1 aromatic carbocycles.